The summed E-state index contributed by atoms with van der Waals surface area (Å²) in [5.74, 6) is 0.221. The quantitative estimate of drug-likeness (QED) is 0.694. The Hall–Kier alpha value is -2.82. The molecule has 2 aromatic carbocycles. The van der Waals surface area contributed by atoms with Gasteiger partial charge in [0.05, 0.1) is 12.6 Å². The summed E-state index contributed by atoms with van der Waals surface area (Å²) in [5.41, 5.74) is 3.65. The summed E-state index contributed by atoms with van der Waals surface area (Å²) in [4.78, 5) is 21.6. The summed E-state index contributed by atoms with van der Waals surface area (Å²) in [6.07, 6.45) is 0. The molecule has 3 aromatic rings. The minimum absolute atomic E-state index is 0.171. The molecule has 0 saturated heterocycles. The molecule has 0 radical (unpaired) electrons. The zero-order chi connectivity index (χ0) is 15.5. The summed E-state index contributed by atoms with van der Waals surface area (Å²) in [6, 6.07) is 15.6. The van der Waals surface area contributed by atoms with Gasteiger partial charge in [0.25, 0.3) is 0 Å². The topological polar surface area (TPSA) is 53.4 Å². The lowest BCUT2D eigenvalue weighted by molar-refractivity contribution is -0.145. The predicted octanol–water partition coefficient (Wildman–Crippen LogP) is 2.61. The van der Waals surface area contributed by atoms with Gasteiger partial charge >= 0.3 is 5.97 Å². The molecule has 112 valence electrons. The van der Waals surface area contributed by atoms with E-state index >= 15 is 0 Å². The third-order valence-electron chi connectivity index (χ3n) is 3.34. The van der Waals surface area contributed by atoms with Crippen molar-refractivity contribution in [3.63, 3.8) is 0 Å². The highest BCUT2D eigenvalue weighted by Crippen LogP contribution is 2.24. The summed E-state index contributed by atoms with van der Waals surface area (Å²) in [7, 11) is 1.33. The number of hydrogen-bond acceptors (Lipinski definition) is 4. The number of carbonyl (C=O) groups excluding carboxylic acids is 1. The molecule has 22 heavy (non-hydrogen) atoms. The largest absolute Gasteiger partial charge is 0.466 e. The molecule has 0 saturated carbocycles. The Morgan fingerprint density at radius 2 is 1.95 bits per heavy atom. The van der Waals surface area contributed by atoms with Crippen LogP contribution in [0.25, 0.3) is 22.4 Å². The molecule has 0 amide bonds. The van der Waals surface area contributed by atoms with Crippen molar-refractivity contribution in [2.75, 3.05) is 13.7 Å². The Balaban J connectivity index is 2.11. The van der Waals surface area contributed by atoms with Gasteiger partial charge < -0.3 is 9.57 Å². The lowest BCUT2D eigenvalue weighted by Crippen LogP contribution is -2.21. The standard InChI is InChI=1S/C17H16N2O3/c1-12-8-9-14-15(10-12)19(22-11-16(20)21-2)17(18-14)13-6-4-3-5-7-13/h3-10H,11H2,1-2H3. The SMILES string of the molecule is COC(=O)COn1c(-c2ccccc2)nc2ccc(C)cc21. The molecule has 0 fully saturated rings. The monoisotopic (exact) mass is 296 g/mol. The van der Waals surface area contributed by atoms with E-state index in [-0.39, 0.29) is 6.61 Å². The van der Waals surface area contributed by atoms with E-state index in [0.29, 0.717) is 5.82 Å². The van der Waals surface area contributed by atoms with Crippen LogP contribution in [0, 0.1) is 6.92 Å². The lowest BCUT2D eigenvalue weighted by Gasteiger charge is -2.10. The molecular formula is C17H16N2O3. The maximum absolute atomic E-state index is 11.4. The van der Waals surface area contributed by atoms with Crippen molar-refractivity contribution in [3.05, 3.63) is 54.1 Å². The first kappa shape index (κ1) is 14.1. The van der Waals surface area contributed by atoms with Crippen molar-refractivity contribution in [2.24, 2.45) is 0 Å². The number of nitrogens with zero attached hydrogens (tertiary/aromatic N) is 2. The number of hydrogen-bond donors (Lipinski definition) is 0. The molecular weight excluding hydrogens is 280 g/mol. The Morgan fingerprint density at radius 3 is 2.68 bits per heavy atom. The summed E-state index contributed by atoms with van der Waals surface area (Å²) in [5, 5.41) is 0. The molecule has 5 heteroatoms. The summed E-state index contributed by atoms with van der Waals surface area (Å²) < 4.78 is 6.22. The van der Waals surface area contributed by atoms with Crippen molar-refractivity contribution < 1.29 is 14.4 Å². The smallest absolute Gasteiger partial charge is 0.346 e. The van der Waals surface area contributed by atoms with E-state index in [0.717, 1.165) is 22.2 Å². The van der Waals surface area contributed by atoms with Gasteiger partial charge in [-0.25, -0.2) is 9.78 Å². The van der Waals surface area contributed by atoms with Gasteiger partial charge in [-0.05, 0) is 24.6 Å². The molecule has 1 aromatic heterocycles. The third kappa shape index (κ3) is 2.65. The van der Waals surface area contributed by atoms with Crippen LogP contribution < -0.4 is 4.84 Å². The van der Waals surface area contributed by atoms with Gasteiger partial charge in [0, 0.05) is 5.56 Å². The number of carbonyl (C=O) groups is 1. The average molecular weight is 296 g/mol. The van der Waals surface area contributed by atoms with Gasteiger partial charge in [-0.3, -0.25) is 0 Å². The molecule has 0 unspecified atom stereocenters. The van der Waals surface area contributed by atoms with Crippen molar-refractivity contribution in [2.45, 2.75) is 6.92 Å². The van der Waals surface area contributed by atoms with E-state index in [1.54, 1.807) is 4.73 Å². The van der Waals surface area contributed by atoms with Crippen molar-refractivity contribution in [3.8, 4) is 11.4 Å². The highest BCUT2D eigenvalue weighted by atomic mass is 16.7. The van der Waals surface area contributed by atoms with E-state index in [9.17, 15) is 4.79 Å². The Labute approximate surface area is 128 Å². The second kappa shape index (κ2) is 5.89. The maximum Gasteiger partial charge on any atom is 0.346 e. The fraction of sp³-hybridized carbons (Fsp3) is 0.176. The first-order valence-corrected chi connectivity index (χ1v) is 6.93. The highest BCUT2D eigenvalue weighted by Gasteiger charge is 2.15. The summed E-state index contributed by atoms with van der Waals surface area (Å²) in [6.45, 7) is 1.83. The minimum Gasteiger partial charge on any atom is -0.466 e. The highest BCUT2D eigenvalue weighted by molar-refractivity contribution is 5.81. The molecule has 0 aliphatic carbocycles. The van der Waals surface area contributed by atoms with Gasteiger partial charge in [-0.2, -0.15) is 4.73 Å². The van der Waals surface area contributed by atoms with Crippen LogP contribution in [0.1, 0.15) is 5.56 Å². The molecule has 0 N–H and O–H groups in total. The van der Waals surface area contributed by atoms with Crippen molar-refractivity contribution in [1.29, 1.82) is 0 Å². The van der Waals surface area contributed by atoms with Crippen LogP contribution in [0.3, 0.4) is 0 Å². The average Bonchev–Trinajstić information content (AvgIpc) is 2.91. The fourth-order valence-corrected chi connectivity index (χ4v) is 2.24. The van der Waals surface area contributed by atoms with Gasteiger partial charge in [0.1, 0.15) is 5.52 Å². The molecule has 0 aliphatic heterocycles. The number of rotatable bonds is 4. The van der Waals surface area contributed by atoms with E-state index < -0.39 is 5.97 Å². The van der Waals surface area contributed by atoms with Crippen LogP contribution >= 0.6 is 0 Å². The number of imidazole rings is 1. The van der Waals surface area contributed by atoms with Crippen LogP contribution in [0.2, 0.25) is 0 Å². The van der Waals surface area contributed by atoms with E-state index in [1.807, 2.05) is 55.5 Å². The predicted molar refractivity (Wildman–Crippen MR) is 83.4 cm³/mol. The molecule has 0 aliphatic rings. The lowest BCUT2D eigenvalue weighted by atomic mass is 10.2. The molecule has 0 spiro atoms. The number of aromatic nitrogens is 2. The minimum atomic E-state index is -0.437. The van der Waals surface area contributed by atoms with Crippen LogP contribution in [-0.2, 0) is 9.53 Å². The second-order valence-electron chi connectivity index (χ2n) is 4.94. The van der Waals surface area contributed by atoms with E-state index in [1.165, 1.54) is 7.11 Å². The number of esters is 1. The zero-order valence-corrected chi connectivity index (χ0v) is 12.4. The fourth-order valence-electron chi connectivity index (χ4n) is 2.24. The molecule has 5 nitrogen and oxygen atoms in total. The number of benzene rings is 2. The molecule has 1 heterocycles. The van der Waals surface area contributed by atoms with Crippen LogP contribution in [0.15, 0.2) is 48.5 Å². The van der Waals surface area contributed by atoms with E-state index in [4.69, 9.17) is 4.84 Å². The number of methoxy groups -OCH3 is 1. The molecule has 3 rings (SSSR count). The maximum atomic E-state index is 11.4. The third-order valence-corrected chi connectivity index (χ3v) is 3.34. The van der Waals surface area contributed by atoms with Crippen LogP contribution in [-0.4, -0.2) is 29.4 Å². The number of aryl methyl sites for hydroxylation is 1. The van der Waals surface area contributed by atoms with Gasteiger partial charge in [-0.1, -0.05) is 36.4 Å². The van der Waals surface area contributed by atoms with Gasteiger partial charge in [-0.15, -0.1) is 0 Å². The zero-order valence-electron chi connectivity index (χ0n) is 12.4. The second-order valence-corrected chi connectivity index (χ2v) is 4.94. The Bertz CT molecular complexity index is 809. The van der Waals surface area contributed by atoms with Crippen LogP contribution in [0.5, 0.6) is 0 Å². The van der Waals surface area contributed by atoms with Crippen LogP contribution in [0.4, 0.5) is 0 Å². The van der Waals surface area contributed by atoms with Gasteiger partial charge in [0.15, 0.2) is 5.82 Å². The van der Waals surface area contributed by atoms with Gasteiger partial charge in [0.2, 0.25) is 6.61 Å². The number of fused-ring (bicyclic) bond motifs is 1. The number of ether oxygens (including phenoxy) is 1. The summed E-state index contributed by atoms with van der Waals surface area (Å²) >= 11 is 0. The Morgan fingerprint density at radius 1 is 1.18 bits per heavy atom. The van der Waals surface area contributed by atoms with Crippen molar-refractivity contribution >= 4 is 17.0 Å². The van der Waals surface area contributed by atoms with E-state index in [2.05, 4.69) is 9.72 Å². The van der Waals surface area contributed by atoms with Crippen molar-refractivity contribution in [1.82, 2.24) is 9.71 Å². The normalized spacial score (nSPS) is 10.6. The molecule has 0 bridgehead atoms. The first-order valence-electron chi connectivity index (χ1n) is 6.93. The Kier molecular flexibility index (Phi) is 3.78. The molecule has 0 atom stereocenters. The first-order chi connectivity index (χ1) is 10.7.